The molecule has 0 spiro atoms. The Balaban J connectivity index is 1.71. The third-order valence-corrected chi connectivity index (χ3v) is 5.28. The Morgan fingerprint density at radius 2 is 2.21 bits per heavy atom. The number of rotatable bonds is 6. The summed E-state index contributed by atoms with van der Waals surface area (Å²) in [6.07, 6.45) is 5.09. The van der Waals surface area contributed by atoms with Gasteiger partial charge in [-0.1, -0.05) is 12.1 Å². The summed E-state index contributed by atoms with van der Waals surface area (Å²) in [4.78, 5) is 19.6. The van der Waals surface area contributed by atoms with E-state index < -0.39 is 12.6 Å². The molecule has 9 heteroatoms. The molecule has 0 aliphatic heterocycles. The van der Waals surface area contributed by atoms with Gasteiger partial charge in [0.25, 0.3) is 5.91 Å². The first-order valence-corrected chi connectivity index (χ1v) is 9.08. The SMILES string of the molecule is NC(=O)c1cnc(NC(CF)C2CC2)c2c1[nH]c1cc(-c3cn[nH]n3)ccc12. The van der Waals surface area contributed by atoms with Crippen LogP contribution in [-0.4, -0.2) is 44.0 Å². The quantitative estimate of drug-likeness (QED) is 0.410. The number of carbonyl (C=O) groups is 1. The van der Waals surface area contributed by atoms with Gasteiger partial charge in [-0.05, 0) is 24.8 Å². The minimum Gasteiger partial charge on any atom is -0.365 e. The number of hydrogen-bond acceptors (Lipinski definition) is 5. The van der Waals surface area contributed by atoms with Crippen LogP contribution in [0.4, 0.5) is 10.2 Å². The molecule has 1 aliphatic rings. The monoisotopic (exact) mass is 379 g/mol. The van der Waals surface area contributed by atoms with E-state index in [4.69, 9.17) is 5.73 Å². The molecule has 1 unspecified atom stereocenters. The van der Waals surface area contributed by atoms with E-state index in [0.29, 0.717) is 28.5 Å². The summed E-state index contributed by atoms with van der Waals surface area (Å²) in [6, 6.07) is 5.49. The Morgan fingerprint density at radius 1 is 1.36 bits per heavy atom. The first-order valence-electron chi connectivity index (χ1n) is 9.08. The molecule has 142 valence electrons. The number of H-pyrrole nitrogens is 2. The van der Waals surface area contributed by atoms with Gasteiger partial charge in [0.2, 0.25) is 0 Å². The molecule has 1 aromatic carbocycles. The van der Waals surface area contributed by atoms with Crippen molar-refractivity contribution in [3.63, 3.8) is 0 Å². The second-order valence-corrected chi connectivity index (χ2v) is 7.12. The van der Waals surface area contributed by atoms with Crippen molar-refractivity contribution < 1.29 is 9.18 Å². The average Bonchev–Trinajstić information content (AvgIpc) is 3.25. The number of nitrogens with zero attached hydrogens (tertiary/aromatic N) is 3. The lowest BCUT2D eigenvalue weighted by atomic mass is 10.1. The Hall–Kier alpha value is -3.49. The lowest BCUT2D eigenvalue weighted by molar-refractivity contribution is 0.100. The van der Waals surface area contributed by atoms with Gasteiger partial charge >= 0.3 is 0 Å². The molecule has 3 heterocycles. The van der Waals surface area contributed by atoms with Crippen LogP contribution in [0, 0.1) is 5.92 Å². The van der Waals surface area contributed by atoms with E-state index in [2.05, 4.69) is 30.7 Å². The van der Waals surface area contributed by atoms with Crippen LogP contribution in [0.25, 0.3) is 33.1 Å². The standard InChI is InChI=1S/C19H18FN7O/c20-6-14(9-1-2-9)25-19-16-11-4-3-10(15-8-23-27-26-15)5-13(11)24-17(16)12(7-22-19)18(21)28/h3-5,7-9,14,24H,1-2,6H2,(H2,21,28)(H,22,25)(H,23,26,27). The molecule has 1 fully saturated rings. The van der Waals surface area contributed by atoms with Crippen molar-refractivity contribution in [3.05, 3.63) is 36.2 Å². The molecule has 0 radical (unpaired) electrons. The number of primary amides is 1. The first-order chi connectivity index (χ1) is 13.7. The fourth-order valence-corrected chi connectivity index (χ4v) is 3.66. The Kier molecular flexibility index (Phi) is 3.75. The van der Waals surface area contributed by atoms with Gasteiger partial charge in [0.05, 0.1) is 28.7 Å². The highest BCUT2D eigenvalue weighted by molar-refractivity contribution is 6.18. The number of hydrogen-bond donors (Lipinski definition) is 4. The second kappa shape index (κ2) is 6.29. The number of amides is 1. The number of carbonyl (C=O) groups excluding carboxylic acids is 1. The molecule has 1 aliphatic carbocycles. The summed E-state index contributed by atoms with van der Waals surface area (Å²) in [5.41, 5.74) is 8.81. The molecule has 28 heavy (non-hydrogen) atoms. The number of fused-ring (bicyclic) bond motifs is 3. The number of alkyl halides is 1. The van der Waals surface area contributed by atoms with Gasteiger partial charge in [0.15, 0.2) is 0 Å². The fraction of sp³-hybridized carbons (Fsp3) is 0.263. The average molecular weight is 379 g/mol. The third-order valence-electron chi connectivity index (χ3n) is 5.28. The topological polar surface area (TPSA) is 125 Å². The lowest BCUT2D eigenvalue weighted by Gasteiger charge is -2.16. The second-order valence-electron chi connectivity index (χ2n) is 7.12. The van der Waals surface area contributed by atoms with E-state index in [9.17, 15) is 9.18 Å². The van der Waals surface area contributed by atoms with E-state index in [-0.39, 0.29) is 6.04 Å². The van der Waals surface area contributed by atoms with Gasteiger partial charge in [0.1, 0.15) is 18.2 Å². The molecule has 3 aromatic heterocycles. The Morgan fingerprint density at radius 3 is 2.89 bits per heavy atom. The maximum atomic E-state index is 13.5. The number of nitrogens with two attached hydrogens (primary N) is 1. The number of anilines is 1. The Bertz CT molecular complexity index is 1180. The molecule has 5 N–H and O–H groups in total. The molecule has 0 saturated heterocycles. The van der Waals surface area contributed by atoms with Gasteiger partial charge < -0.3 is 16.0 Å². The summed E-state index contributed by atoms with van der Waals surface area (Å²) in [7, 11) is 0. The van der Waals surface area contributed by atoms with E-state index in [0.717, 1.165) is 34.7 Å². The maximum absolute atomic E-state index is 13.5. The lowest BCUT2D eigenvalue weighted by Crippen LogP contribution is -2.25. The fourth-order valence-electron chi connectivity index (χ4n) is 3.66. The van der Waals surface area contributed by atoms with Gasteiger partial charge in [-0.25, -0.2) is 9.37 Å². The van der Waals surface area contributed by atoms with Crippen molar-refractivity contribution in [1.82, 2.24) is 25.4 Å². The summed E-state index contributed by atoms with van der Waals surface area (Å²) < 4.78 is 13.5. The zero-order valence-electron chi connectivity index (χ0n) is 14.9. The van der Waals surface area contributed by atoms with E-state index in [1.54, 1.807) is 6.20 Å². The van der Waals surface area contributed by atoms with Crippen molar-refractivity contribution in [3.8, 4) is 11.3 Å². The zero-order chi connectivity index (χ0) is 19.3. The normalized spacial score (nSPS) is 15.2. The molecular weight excluding hydrogens is 361 g/mol. The van der Waals surface area contributed by atoms with Crippen molar-refractivity contribution in [2.24, 2.45) is 11.7 Å². The minimum atomic E-state index is -0.573. The summed E-state index contributed by atoms with van der Waals surface area (Å²) >= 11 is 0. The molecular formula is C19H18FN7O. The summed E-state index contributed by atoms with van der Waals surface area (Å²) in [5.74, 6) is 0.299. The van der Waals surface area contributed by atoms with Crippen molar-refractivity contribution in [2.45, 2.75) is 18.9 Å². The number of aromatic nitrogens is 5. The maximum Gasteiger partial charge on any atom is 0.252 e. The van der Waals surface area contributed by atoms with E-state index in [1.165, 1.54) is 6.20 Å². The number of halogens is 1. The van der Waals surface area contributed by atoms with Gasteiger partial charge in [-0.15, -0.1) is 0 Å². The molecule has 1 atom stereocenters. The predicted molar refractivity (Wildman–Crippen MR) is 104 cm³/mol. The van der Waals surface area contributed by atoms with Crippen LogP contribution in [0.1, 0.15) is 23.2 Å². The summed E-state index contributed by atoms with van der Waals surface area (Å²) in [6.45, 7) is -0.468. The number of aromatic amines is 2. The molecule has 1 amide bonds. The van der Waals surface area contributed by atoms with Crippen LogP contribution in [-0.2, 0) is 0 Å². The molecule has 4 aromatic rings. The van der Waals surface area contributed by atoms with Crippen molar-refractivity contribution in [2.75, 3.05) is 12.0 Å². The van der Waals surface area contributed by atoms with Gasteiger partial charge in [-0.3, -0.25) is 4.79 Å². The van der Waals surface area contributed by atoms with Gasteiger partial charge in [0, 0.05) is 22.7 Å². The molecule has 1 saturated carbocycles. The van der Waals surface area contributed by atoms with Crippen LogP contribution in [0.15, 0.2) is 30.6 Å². The molecule has 8 nitrogen and oxygen atoms in total. The van der Waals surface area contributed by atoms with E-state index in [1.807, 2.05) is 18.2 Å². The highest BCUT2D eigenvalue weighted by atomic mass is 19.1. The Labute approximate surface area is 158 Å². The largest absolute Gasteiger partial charge is 0.365 e. The zero-order valence-corrected chi connectivity index (χ0v) is 14.9. The van der Waals surface area contributed by atoms with Crippen LogP contribution < -0.4 is 11.1 Å². The van der Waals surface area contributed by atoms with Crippen LogP contribution in [0.3, 0.4) is 0 Å². The molecule has 5 rings (SSSR count). The third kappa shape index (κ3) is 2.67. The summed E-state index contributed by atoms with van der Waals surface area (Å²) in [5, 5.41) is 15.4. The van der Waals surface area contributed by atoms with Crippen LogP contribution in [0.5, 0.6) is 0 Å². The number of benzene rings is 1. The number of pyridine rings is 1. The highest BCUT2D eigenvalue weighted by Gasteiger charge is 2.32. The van der Waals surface area contributed by atoms with Gasteiger partial charge in [-0.2, -0.15) is 15.4 Å². The van der Waals surface area contributed by atoms with Crippen LogP contribution in [0.2, 0.25) is 0 Å². The number of nitrogens with one attached hydrogen (secondary N) is 3. The predicted octanol–water partition coefficient (Wildman–Crippen LogP) is 2.76. The van der Waals surface area contributed by atoms with Crippen LogP contribution >= 0.6 is 0 Å². The highest BCUT2D eigenvalue weighted by Crippen LogP contribution is 2.38. The molecule has 0 bridgehead atoms. The minimum absolute atomic E-state index is 0.283. The van der Waals surface area contributed by atoms with Crippen molar-refractivity contribution >= 4 is 33.5 Å². The first kappa shape index (κ1) is 16.7. The van der Waals surface area contributed by atoms with E-state index >= 15 is 0 Å². The smallest absolute Gasteiger partial charge is 0.252 e. The van der Waals surface area contributed by atoms with Crippen molar-refractivity contribution in [1.29, 1.82) is 0 Å².